The molecule has 0 aromatic heterocycles. The third-order valence-electron chi connectivity index (χ3n) is 3.02. The van der Waals surface area contributed by atoms with Gasteiger partial charge < -0.3 is 10.6 Å². The lowest BCUT2D eigenvalue weighted by molar-refractivity contribution is 0.251. The smallest absolute Gasteiger partial charge is 0.319 e. The normalized spacial score (nSPS) is 11.3. The number of sulfonamides is 1. The van der Waals surface area contributed by atoms with Gasteiger partial charge in [0, 0.05) is 18.8 Å². The molecule has 0 unspecified atom stereocenters. The van der Waals surface area contributed by atoms with E-state index >= 15 is 0 Å². The Hall–Kier alpha value is -1.86. The molecule has 0 aliphatic heterocycles. The van der Waals surface area contributed by atoms with Crippen LogP contribution in [0, 0.1) is 5.92 Å². The van der Waals surface area contributed by atoms with Crippen molar-refractivity contribution in [3.63, 3.8) is 0 Å². The maximum absolute atomic E-state index is 11.8. The summed E-state index contributed by atoms with van der Waals surface area (Å²) in [4.78, 5) is 11.7. The van der Waals surface area contributed by atoms with E-state index in [9.17, 15) is 13.2 Å². The summed E-state index contributed by atoms with van der Waals surface area (Å²) in [6, 6.07) is 6.45. The molecule has 0 radical (unpaired) electrons. The van der Waals surface area contributed by atoms with Crippen molar-refractivity contribution >= 4 is 21.7 Å². The van der Waals surface area contributed by atoms with Gasteiger partial charge in [-0.05, 0) is 30.0 Å². The fourth-order valence-electron chi connectivity index (χ4n) is 1.79. The first-order valence-electron chi connectivity index (χ1n) is 7.54. The Morgan fingerprint density at radius 3 is 2.48 bits per heavy atom. The Morgan fingerprint density at radius 2 is 1.91 bits per heavy atom. The molecule has 0 fully saturated rings. The summed E-state index contributed by atoms with van der Waals surface area (Å²) < 4.78 is 25.9. The van der Waals surface area contributed by atoms with Gasteiger partial charge in [0.15, 0.2) is 0 Å². The second-order valence-corrected chi connectivity index (χ2v) is 7.46. The summed E-state index contributed by atoms with van der Waals surface area (Å²) in [6.07, 6.45) is 2.41. The Labute approximate surface area is 138 Å². The van der Waals surface area contributed by atoms with Crippen LogP contribution in [0.5, 0.6) is 0 Å². The minimum Gasteiger partial charge on any atom is -0.338 e. The van der Waals surface area contributed by atoms with Crippen LogP contribution < -0.4 is 15.4 Å². The zero-order valence-corrected chi connectivity index (χ0v) is 14.4. The van der Waals surface area contributed by atoms with Gasteiger partial charge in [-0.15, -0.1) is 6.58 Å². The summed E-state index contributed by atoms with van der Waals surface area (Å²) in [6.45, 7) is 8.48. The van der Waals surface area contributed by atoms with Crippen LogP contribution >= 0.6 is 0 Å². The average Bonchev–Trinajstić information content (AvgIpc) is 2.46. The molecule has 23 heavy (non-hydrogen) atoms. The van der Waals surface area contributed by atoms with E-state index in [0.29, 0.717) is 23.7 Å². The maximum atomic E-state index is 11.8. The van der Waals surface area contributed by atoms with Gasteiger partial charge in [0.25, 0.3) is 0 Å². The van der Waals surface area contributed by atoms with Crippen molar-refractivity contribution in [2.24, 2.45) is 5.92 Å². The highest BCUT2D eigenvalue weighted by Crippen LogP contribution is 2.11. The molecule has 0 bridgehead atoms. The third-order valence-corrected chi connectivity index (χ3v) is 4.34. The van der Waals surface area contributed by atoms with Crippen molar-refractivity contribution in [2.45, 2.75) is 26.0 Å². The van der Waals surface area contributed by atoms with E-state index in [-0.39, 0.29) is 18.3 Å². The number of amides is 2. The van der Waals surface area contributed by atoms with E-state index in [2.05, 4.69) is 35.8 Å². The molecule has 2 amide bonds. The van der Waals surface area contributed by atoms with Crippen molar-refractivity contribution in [3.05, 3.63) is 42.5 Å². The minimum atomic E-state index is -3.37. The Kier molecular flexibility index (Phi) is 7.77. The Bertz CT molecular complexity index is 610. The lowest BCUT2D eigenvalue weighted by Crippen LogP contribution is -2.30. The second kappa shape index (κ2) is 9.32. The molecule has 7 heteroatoms. The van der Waals surface area contributed by atoms with Crippen LogP contribution in [-0.4, -0.2) is 27.5 Å². The molecule has 0 saturated carbocycles. The molecule has 1 rings (SSSR count). The predicted octanol–water partition coefficient (Wildman–Crippen LogP) is 2.46. The van der Waals surface area contributed by atoms with E-state index in [4.69, 9.17) is 0 Å². The molecule has 0 saturated heterocycles. The average molecular weight is 339 g/mol. The van der Waals surface area contributed by atoms with Crippen LogP contribution in [-0.2, 0) is 15.8 Å². The minimum absolute atomic E-state index is 0.109. The lowest BCUT2D eigenvalue weighted by atomic mass is 10.1. The molecule has 1 aromatic carbocycles. The molecular weight excluding hydrogens is 314 g/mol. The van der Waals surface area contributed by atoms with Crippen LogP contribution in [0.2, 0.25) is 0 Å². The van der Waals surface area contributed by atoms with E-state index in [1.807, 2.05) is 0 Å². The van der Waals surface area contributed by atoms with Crippen molar-refractivity contribution in [2.75, 3.05) is 18.4 Å². The van der Waals surface area contributed by atoms with Gasteiger partial charge in [0.1, 0.15) is 0 Å². The number of carbonyl (C=O) groups excluding carboxylic acids is 1. The second-order valence-electron chi connectivity index (χ2n) is 5.66. The zero-order valence-electron chi connectivity index (χ0n) is 13.6. The molecule has 0 spiro atoms. The van der Waals surface area contributed by atoms with Crippen molar-refractivity contribution in [1.29, 1.82) is 0 Å². The van der Waals surface area contributed by atoms with Crippen LogP contribution in [0.1, 0.15) is 25.8 Å². The molecular formula is C16H25N3O3S. The van der Waals surface area contributed by atoms with Crippen molar-refractivity contribution < 1.29 is 13.2 Å². The molecule has 6 nitrogen and oxygen atoms in total. The predicted molar refractivity (Wildman–Crippen MR) is 93.7 cm³/mol. The van der Waals surface area contributed by atoms with Gasteiger partial charge in [0.2, 0.25) is 10.0 Å². The number of rotatable bonds is 9. The summed E-state index contributed by atoms with van der Waals surface area (Å²) >= 11 is 0. The molecule has 3 N–H and O–H groups in total. The van der Waals surface area contributed by atoms with Crippen molar-refractivity contribution in [3.8, 4) is 0 Å². The molecule has 128 valence electrons. The summed E-state index contributed by atoms with van der Waals surface area (Å²) in [5.41, 5.74) is 1.26. The summed E-state index contributed by atoms with van der Waals surface area (Å²) in [7, 11) is -3.37. The van der Waals surface area contributed by atoms with Crippen LogP contribution in [0.4, 0.5) is 10.5 Å². The number of hydrogen-bond donors (Lipinski definition) is 3. The van der Waals surface area contributed by atoms with Gasteiger partial charge in [-0.25, -0.2) is 17.9 Å². The molecule has 0 aliphatic carbocycles. The summed E-state index contributed by atoms with van der Waals surface area (Å²) in [5, 5.41) is 5.48. The topological polar surface area (TPSA) is 87.3 Å². The molecule has 1 aromatic rings. The maximum Gasteiger partial charge on any atom is 0.319 e. The van der Waals surface area contributed by atoms with Gasteiger partial charge >= 0.3 is 6.03 Å². The largest absolute Gasteiger partial charge is 0.338 e. The molecule has 0 heterocycles. The zero-order chi connectivity index (χ0) is 17.3. The number of hydrogen-bond acceptors (Lipinski definition) is 3. The molecule has 0 aliphatic rings. The number of urea groups is 1. The number of anilines is 1. The number of benzene rings is 1. The van der Waals surface area contributed by atoms with Gasteiger partial charge in [0.05, 0.1) is 5.75 Å². The van der Waals surface area contributed by atoms with E-state index in [1.165, 1.54) is 6.08 Å². The highest BCUT2D eigenvalue weighted by Gasteiger charge is 2.10. The van der Waals surface area contributed by atoms with Gasteiger partial charge in [-0.1, -0.05) is 32.1 Å². The number of nitrogens with one attached hydrogen (secondary N) is 3. The van der Waals surface area contributed by atoms with Gasteiger partial charge in [-0.2, -0.15) is 0 Å². The third kappa shape index (κ3) is 8.37. The van der Waals surface area contributed by atoms with E-state index < -0.39 is 10.0 Å². The quantitative estimate of drug-likeness (QED) is 0.604. The van der Waals surface area contributed by atoms with E-state index in [1.54, 1.807) is 24.3 Å². The monoisotopic (exact) mass is 339 g/mol. The Balaban J connectivity index is 2.50. The first-order chi connectivity index (χ1) is 10.8. The highest BCUT2D eigenvalue weighted by molar-refractivity contribution is 7.88. The SMILES string of the molecule is C=CCNS(=O)(=O)Cc1ccc(NC(=O)NCCC(C)C)cc1. The van der Waals surface area contributed by atoms with E-state index in [0.717, 1.165) is 6.42 Å². The first kappa shape index (κ1) is 19.2. The number of carbonyl (C=O) groups is 1. The summed E-state index contributed by atoms with van der Waals surface area (Å²) in [5.74, 6) is 0.424. The van der Waals surface area contributed by atoms with Crippen LogP contribution in [0.3, 0.4) is 0 Å². The van der Waals surface area contributed by atoms with Crippen LogP contribution in [0.25, 0.3) is 0 Å². The van der Waals surface area contributed by atoms with Crippen molar-refractivity contribution in [1.82, 2.24) is 10.0 Å². The van der Waals surface area contributed by atoms with Crippen LogP contribution in [0.15, 0.2) is 36.9 Å². The standard InChI is InChI=1S/C16H25N3O3S/c1-4-10-18-23(21,22)12-14-5-7-15(8-6-14)19-16(20)17-11-9-13(2)3/h4-8,13,18H,1,9-12H2,2-3H3,(H2,17,19,20). The Morgan fingerprint density at radius 1 is 1.26 bits per heavy atom. The lowest BCUT2D eigenvalue weighted by Gasteiger charge is -2.10. The fourth-order valence-corrected chi connectivity index (χ4v) is 2.90. The molecule has 0 atom stereocenters. The fraction of sp³-hybridized carbons (Fsp3) is 0.438. The first-order valence-corrected chi connectivity index (χ1v) is 9.19. The highest BCUT2D eigenvalue weighted by atomic mass is 32.2. The van der Waals surface area contributed by atoms with Gasteiger partial charge in [-0.3, -0.25) is 0 Å².